The van der Waals surface area contributed by atoms with Gasteiger partial charge in [0, 0.05) is 5.69 Å². The quantitative estimate of drug-likeness (QED) is 0.528. The molecule has 1 heterocycles. The van der Waals surface area contributed by atoms with Gasteiger partial charge in [-0.15, -0.1) is 0 Å². The van der Waals surface area contributed by atoms with Gasteiger partial charge in [-0.05, 0) is 31.2 Å². The molecule has 0 aliphatic carbocycles. The molecule has 28 heavy (non-hydrogen) atoms. The minimum Gasteiger partial charge on any atom is -0.366 e. The number of aryl methyl sites for hydroxylation is 1. The number of carbonyl (C=O) groups is 3. The Morgan fingerprint density at radius 3 is 2.32 bits per heavy atom. The largest absolute Gasteiger partial charge is 0.366 e. The Morgan fingerprint density at radius 1 is 0.929 bits per heavy atom. The van der Waals surface area contributed by atoms with Crippen molar-refractivity contribution >= 4 is 45.7 Å². The van der Waals surface area contributed by atoms with E-state index in [1.807, 2.05) is 6.07 Å². The molecule has 142 valence electrons. The highest BCUT2D eigenvalue weighted by Crippen LogP contribution is 2.25. The standard InChI is InChI=1S/C19H17N5O3S/c1-11-15(17(26)23-14-10-6-5-9-13(14)16(20)25)28-19(21-11)24-18(27)22-12-7-3-2-4-8-12/h2-10H,1H3,(H2,20,25)(H,23,26)(H2,21,22,24,27). The Balaban J connectivity index is 1.71. The van der Waals surface area contributed by atoms with Gasteiger partial charge >= 0.3 is 6.03 Å². The predicted octanol–water partition coefficient (Wildman–Crippen LogP) is 3.45. The lowest BCUT2D eigenvalue weighted by atomic mass is 10.1. The summed E-state index contributed by atoms with van der Waals surface area (Å²) in [6, 6.07) is 14.9. The molecule has 0 radical (unpaired) electrons. The maximum Gasteiger partial charge on any atom is 0.325 e. The summed E-state index contributed by atoms with van der Waals surface area (Å²) >= 11 is 1.03. The van der Waals surface area contributed by atoms with Crippen LogP contribution in [0.4, 0.5) is 21.3 Å². The molecule has 0 fully saturated rings. The van der Waals surface area contributed by atoms with Gasteiger partial charge in [-0.1, -0.05) is 41.7 Å². The summed E-state index contributed by atoms with van der Waals surface area (Å²) in [5.41, 5.74) is 6.93. The van der Waals surface area contributed by atoms with Gasteiger partial charge in [0.2, 0.25) is 0 Å². The second-order valence-corrected chi connectivity index (χ2v) is 6.74. The summed E-state index contributed by atoms with van der Waals surface area (Å²) in [4.78, 5) is 40.7. The van der Waals surface area contributed by atoms with E-state index in [0.29, 0.717) is 21.9 Å². The Labute approximate surface area is 164 Å². The minimum atomic E-state index is -0.642. The Morgan fingerprint density at radius 2 is 1.61 bits per heavy atom. The Bertz CT molecular complexity index is 1030. The lowest BCUT2D eigenvalue weighted by Gasteiger charge is -2.07. The molecule has 0 spiro atoms. The average molecular weight is 395 g/mol. The van der Waals surface area contributed by atoms with Crippen molar-refractivity contribution in [1.29, 1.82) is 0 Å². The first kappa shape index (κ1) is 19.1. The van der Waals surface area contributed by atoms with Gasteiger partial charge in [0.15, 0.2) is 5.13 Å². The van der Waals surface area contributed by atoms with Gasteiger partial charge in [-0.2, -0.15) is 0 Å². The number of amides is 4. The van der Waals surface area contributed by atoms with Crippen LogP contribution < -0.4 is 21.7 Å². The molecule has 0 bridgehead atoms. The summed E-state index contributed by atoms with van der Waals surface area (Å²) in [5.74, 6) is -1.09. The van der Waals surface area contributed by atoms with E-state index < -0.39 is 17.8 Å². The number of benzene rings is 2. The first-order valence-corrected chi connectivity index (χ1v) is 9.06. The van der Waals surface area contributed by atoms with E-state index in [4.69, 9.17) is 5.73 Å². The van der Waals surface area contributed by atoms with Crippen molar-refractivity contribution in [1.82, 2.24) is 4.98 Å². The summed E-state index contributed by atoms with van der Waals surface area (Å²) in [7, 11) is 0. The predicted molar refractivity (Wildman–Crippen MR) is 109 cm³/mol. The molecular weight excluding hydrogens is 378 g/mol. The molecule has 4 amide bonds. The lowest BCUT2D eigenvalue weighted by molar-refractivity contribution is 0.100. The van der Waals surface area contributed by atoms with Crippen molar-refractivity contribution in [3.8, 4) is 0 Å². The molecule has 9 heteroatoms. The van der Waals surface area contributed by atoms with Crippen LogP contribution in [0.2, 0.25) is 0 Å². The highest BCUT2D eigenvalue weighted by Gasteiger charge is 2.18. The van der Waals surface area contributed by atoms with E-state index in [1.165, 1.54) is 6.07 Å². The third-order valence-electron chi connectivity index (χ3n) is 3.70. The zero-order valence-electron chi connectivity index (χ0n) is 14.9. The highest BCUT2D eigenvalue weighted by molar-refractivity contribution is 7.17. The van der Waals surface area contributed by atoms with Gasteiger partial charge < -0.3 is 16.4 Å². The SMILES string of the molecule is Cc1nc(NC(=O)Nc2ccccc2)sc1C(=O)Nc1ccccc1C(N)=O. The number of primary amides is 1. The normalized spacial score (nSPS) is 10.2. The molecule has 0 unspecified atom stereocenters. The molecule has 2 aromatic carbocycles. The topological polar surface area (TPSA) is 126 Å². The number of hydrogen-bond acceptors (Lipinski definition) is 5. The van der Waals surface area contributed by atoms with Crippen LogP contribution in [0.3, 0.4) is 0 Å². The van der Waals surface area contributed by atoms with Gasteiger partial charge in [0.05, 0.1) is 16.9 Å². The molecule has 1 aromatic heterocycles. The molecule has 0 aliphatic heterocycles. The van der Waals surface area contributed by atoms with Crippen molar-refractivity contribution < 1.29 is 14.4 Å². The van der Waals surface area contributed by atoms with Crippen LogP contribution in [0.25, 0.3) is 0 Å². The third kappa shape index (κ3) is 4.51. The van der Waals surface area contributed by atoms with Crippen molar-refractivity contribution in [3.05, 3.63) is 70.7 Å². The van der Waals surface area contributed by atoms with Gasteiger partial charge in [-0.25, -0.2) is 9.78 Å². The zero-order valence-corrected chi connectivity index (χ0v) is 15.7. The number of nitrogens with one attached hydrogen (secondary N) is 3. The molecule has 8 nitrogen and oxygen atoms in total. The number of anilines is 3. The van der Waals surface area contributed by atoms with Crippen LogP contribution >= 0.6 is 11.3 Å². The smallest absolute Gasteiger partial charge is 0.325 e. The summed E-state index contributed by atoms with van der Waals surface area (Å²) in [6.45, 7) is 1.66. The van der Waals surface area contributed by atoms with Crippen molar-refractivity contribution in [2.24, 2.45) is 5.73 Å². The second-order valence-electron chi connectivity index (χ2n) is 5.74. The molecule has 3 rings (SSSR count). The summed E-state index contributed by atoms with van der Waals surface area (Å²) in [6.07, 6.45) is 0. The number of nitrogens with zero attached hydrogens (tertiary/aromatic N) is 1. The van der Waals surface area contributed by atoms with Crippen molar-refractivity contribution in [2.45, 2.75) is 6.92 Å². The van der Waals surface area contributed by atoms with Gasteiger partial charge in [0.25, 0.3) is 11.8 Å². The zero-order chi connectivity index (χ0) is 20.1. The summed E-state index contributed by atoms with van der Waals surface area (Å²) < 4.78 is 0. The second kappa shape index (κ2) is 8.31. The van der Waals surface area contributed by atoms with Crippen LogP contribution in [-0.4, -0.2) is 22.8 Å². The number of rotatable bonds is 5. The number of aromatic nitrogens is 1. The summed E-state index contributed by atoms with van der Waals surface area (Å²) in [5, 5.41) is 8.21. The molecule has 0 saturated heterocycles. The monoisotopic (exact) mass is 395 g/mol. The van der Waals surface area contributed by atoms with Gasteiger partial charge in [0.1, 0.15) is 4.88 Å². The number of carbonyl (C=O) groups excluding carboxylic acids is 3. The first-order valence-electron chi connectivity index (χ1n) is 8.24. The maximum atomic E-state index is 12.6. The van der Waals surface area contributed by atoms with Crippen LogP contribution in [0.1, 0.15) is 25.7 Å². The fourth-order valence-corrected chi connectivity index (χ4v) is 3.28. The maximum absolute atomic E-state index is 12.6. The molecule has 0 aliphatic rings. The molecular formula is C19H17N5O3S. The number of nitrogens with two attached hydrogens (primary N) is 1. The van der Waals surface area contributed by atoms with Crippen molar-refractivity contribution in [2.75, 3.05) is 16.0 Å². The highest BCUT2D eigenvalue weighted by atomic mass is 32.1. The van der Waals surface area contributed by atoms with E-state index >= 15 is 0 Å². The third-order valence-corrected chi connectivity index (χ3v) is 4.77. The van der Waals surface area contributed by atoms with Crippen LogP contribution in [0, 0.1) is 6.92 Å². The van der Waals surface area contributed by atoms with E-state index in [1.54, 1.807) is 49.4 Å². The fraction of sp³-hybridized carbons (Fsp3) is 0.0526. The van der Waals surface area contributed by atoms with E-state index in [9.17, 15) is 14.4 Å². The number of para-hydroxylation sites is 2. The lowest BCUT2D eigenvalue weighted by Crippen LogP contribution is -2.19. The number of urea groups is 1. The first-order chi connectivity index (χ1) is 13.4. The Hall–Kier alpha value is -3.72. The fourth-order valence-electron chi connectivity index (χ4n) is 2.43. The molecule has 3 aromatic rings. The molecule has 0 saturated carbocycles. The minimum absolute atomic E-state index is 0.207. The number of thiazole rings is 1. The van der Waals surface area contributed by atoms with Crippen LogP contribution in [-0.2, 0) is 0 Å². The molecule has 5 N–H and O–H groups in total. The van der Waals surface area contributed by atoms with E-state index in [2.05, 4.69) is 20.9 Å². The molecule has 0 atom stereocenters. The van der Waals surface area contributed by atoms with Crippen LogP contribution in [0.5, 0.6) is 0 Å². The van der Waals surface area contributed by atoms with E-state index in [0.717, 1.165) is 11.3 Å². The average Bonchev–Trinajstić information content (AvgIpc) is 3.02. The van der Waals surface area contributed by atoms with E-state index in [-0.39, 0.29) is 10.7 Å². The Kier molecular flexibility index (Phi) is 5.66. The van der Waals surface area contributed by atoms with Crippen LogP contribution in [0.15, 0.2) is 54.6 Å². The number of hydrogen-bond donors (Lipinski definition) is 4. The van der Waals surface area contributed by atoms with Crippen molar-refractivity contribution in [3.63, 3.8) is 0 Å². The van der Waals surface area contributed by atoms with Gasteiger partial charge in [-0.3, -0.25) is 14.9 Å².